The summed E-state index contributed by atoms with van der Waals surface area (Å²) in [5, 5.41) is 20.8. The minimum Gasteiger partial charge on any atom is -0.497 e. The highest BCUT2D eigenvalue weighted by Gasteiger charge is 2.14. The molecule has 0 aliphatic carbocycles. The fourth-order valence-corrected chi connectivity index (χ4v) is 3.61. The molecule has 2 aromatic heterocycles. The van der Waals surface area contributed by atoms with Crippen molar-refractivity contribution in [2.75, 3.05) is 7.11 Å². The van der Waals surface area contributed by atoms with Gasteiger partial charge in [0.15, 0.2) is 5.65 Å². The fraction of sp³-hybridized carbons (Fsp3) is 0.167. The Labute approximate surface area is 158 Å². The second-order valence-electron chi connectivity index (χ2n) is 5.92. The number of fused-ring (bicyclic) bond motifs is 3. The van der Waals surface area contributed by atoms with Gasteiger partial charge < -0.3 is 9.30 Å². The van der Waals surface area contributed by atoms with Gasteiger partial charge in [-0.25, -0.2) is 4.98 Å². The van der Waals surface area contributed by atoms with Crippen molar-refractivity contribution in [3.05, 3.63) is 58.1 Å². The van der Waals surface area contributed by atoms with Gasteiger partial charge in [0.25, 0.3) is 5.69 Å². The zero-order valence-corrected chi connectivity index (χ0v) is 15.4. The molecule has 0 unspecified atom stereocenters. The van der Waals surface area contributed by atoms with Crippen molar-refractivity contribution in [3.63, 3.8) is 0 Å². The number of aryl methyl sites for hydroxylation is 1. The molecular formula is C18H15N5O3S. The third kappa shape index (κ3) is 3.17. The van der Waals surface area contributed by atoms with Crippen LogP contribution in [0.3, 0.4) is 0 Å². The van der Waals surface area contributed by atoms with Gasteiger partial charge in [0.2, 0.25) is 5.16 Å². The Balaban J connectivity index is 1.62. The lowest BCUT2D eigenvalue weighted by Crippen LogP contribution is -1.96. The molecule has 0 spiro atoms. The number of non-ortho nitro benzene ring substituents is 1. The highest BCUT2D eigenvalue weighted by atomic mass is 32.2. The van der Waals surface area contributed by atoms with Crippen LogP contribution in [0.4, 0.5) is 5.69 Å². The van der Waals surface area contributed by atoms with E-state index in [-0.39, 0.29) is 5.69 Å². The van der Waals surface area contributed by atoms with E-state index >= 15 is 0 Å². The van der Waals surface area contributed by atoms with Gasteiger partial charge in [-0.2, -0.15) is 0 Å². The molecule has 2 aromatic carbocycles. The first-order valence-corrected chi connectivity index (χ1v) is 9.08. The van der Waals surface area contributed by atoms with Crippen molar-refractivity contribution >= 4 is 39.5 Å². The van der Waals surface area contributed by atoms with Crippen LogP contribution in [0.1, 0.15) is 5.56 Å². The normalized spacial score (nSPS) is 11.2. The first-order valence-electron chi connectivity index (χ1n) is 8.10. The Hall–Kier alpha value is -3.20. The Morgan fingerprint density at radius 3 is 2.67 bits per heavy atom. The van der Waals surface area contributed by atoms with Crippen molar-refractivity contribution < 1.29 is 9.66 Å². The third-order valence-corrected chi connectivity index (χ3v) is 5.21. The number of nitrogens with zero attached hydrogens (tertiary/aromatic N) is 5. The van der Waals surface area contributed by atoms with Gasteiger partial charge >= 0.3 is 0 Å². The molecule has 0 N–H and O–H groups in total. The van der Waals surface area contributed by atoms with Gasteiger partial charge in [-0.1, -0.05) is 23.9 Å². The summed E-state index contributed by atoms with van der Waals surface area (Å²) in [5.41, 5.74) is 3.51. The summed E-state index contributed by atoms with van der Waals surface area (Å²) >= 11 is 1.44. The number of nitro benzene ring substituents is 1. The predicted octanol–water partition coefficient (Wildman–Crippen LogP) is 3.73. The number of thioether (sulfide) groups is 1. The van der Waals surface area contributed by atoms with Gasteiger partial charge in [0, 0.05) is 30.3 Å². The SMILES string of the molecule is COc1ccc2c(c1)c1nnc(SCc3ccc([N+](=O)[O-])cc3)nc1n2C. The van der Waals surface area contributed by atoms with Crippen LogP contribution >= 0.6 is 11.8 Å². The average Bonchev–Trinajstić information content (AvgIpc) is 2.98. The first-order chi connectivity index (χ1) is 13.1. The summed E-state index contributed by atoms with van der Waals surface area (Å²) in [4.78, 5) is 14.9. The van der Waals surface area contributed by atoms with E-state index in [1.807, 2.05) is 29.8 Å². The molecule has 0 aliphatic heterocycles. The Morgan fingerprint density at radius 2 is 1.96 bits per heavy atom. The molecule has 2 heterocycles. The molecule has 9 heteroatoms. The number of ether oxygens (including phenoxy) is 1. The molecule has 0 amide bonds. The molecule has 4 aromatic rings. The lowest BCUT2D eigenvalue weighted by molar-refractivity contribution is -0.384. The van der Waals surface area contributed by atoms with E-state index in [9.17, 15) is 10.1 Å². The number of benzene rings is 2. The summed E-state index contributed by atoms with van der Waals surface area (Å²) in [6.07, 6.45) is 0. The zero-order chi connectivity index (χ0) is 19.0. The third-order valence-electron chi connectivity index (χ3n) is 4.30. The average molecular weight is 381 g/mol. The van der Waals surface area contributed by atoms with Crippen LogP contribution < -0.4 is 4.74 Å². The van der Waals surface area contributed by atoms with E-state index in [0.29, 0.717) is 10.9 Å². The summed E-state index contributed by atoms with van der Waals surface area (Å²) in [6, 6.07) is 12.3. The molecule has 136 valence electrons. The van der Waals surface area contributed by atoms with Crippen molar-refractivity contribution in [2.45, 2.75) is 10.9 Å². The molecule has 0 radical (unpaired) electrons. The number of methoxy groups -OCH3 is 1. The second-order valence-corrected chi connectivity index (χ2v) is 6.86. The largest absolute Gasteiger partial charge is 0.497 e. The molecular weight excluding hydrogens is 366 g/mol. The molecule has 0 saturated heterocycles. The monoisotopic (exact) mass is 381 g/mol. The summed E-state index contributed by atoms with van der Waals surface area (Å²) in [7, 11) is 3.57. The van der Waals surface area contributed by atoms with E-state index in [2.05, 4.69) is 15.2 Å². The van der Waals surface area contributed by atoms with Crippen LogP contribution in [0.15, 0.2) is 47.6 Å². The summed E-state index contributed by atoms with van der Waals surface area (Å²) < 4.78 is 7.27. The Morgan fingerprint density at radius 1 is 1.19 bits per heavy atom. The predicted molar refractivity (Wildman–Crippen MR) is 103 cm³/mol. The van der Waals surface area contributed by atoms with Gasteiger partial charge in [-0.3, -0.25) is 10.1 Å². The smallest absolute Gasteiger partial charge is 0.269 e. The molecule has 0 atom stereocenters. The van der Waals surface area contributed by atoms with Crippen molar-refractivity contribution in [1.82, 2.24) is 19.7 Å². The van der Waals surface area contributed by atoms with Gasteiger partial charge in [-0.15, -0.1) is 10.2 Å². The lowest BCUT2D eigenvalue weighted by atomic mass is 10.2. The number of hydrogen-bond acceptors (Lipinski definition) is 7. The maximum absolute atomic E-state index is 10.7. The van der Waals surface area contributed by atoms with E-state index in [1.54, 1.807) is 19.2 Å². The van der Waals surface area contributed by atoms with Crippen LogP contribution in [0, 0.1) is 10.1 Å². The van der Waals surface area contributed by atoms with E-state index < -0.39 is 4.92 Å². The minimum absolute atomic E-state index is 0.0778. The van der Waals surface area contributed by atoms with Crippen LogP contribution in [0.5, 0.6) is 5.75 Å². The van der Waals surface area contributed by atoms with Gasteiger partial charge in [-0.05, 0) is 23.8 Å². The molecule has 4 rings (SSSR count). The first kappa shape index (κ1) is 17.2. The minimum atomic E-state index is -0.410. The topological polar surface area (TPSA) is 96.0 Å². The molecule has 27 heavy (non-hydrogen) atoms. The van der Waals surface area contributed by atoms with E-state index in [4.69, 9.17) is 4.74 Å². The molecule has 0 fully saturated rings. The standard InChI is InChI=1S/C18H15N5O3S/c1-22-15-8-7-13(26-2)9-14(15)16-17(22)19-18(21-20-16)27-10-11-3-5-12(6-4-11)23(24)25/h3-9H,10H2,1-2H3. The maximum atomic E-state index is 10.7. The Bertz CT molecular complexity index is 1160. The highest BCUT2D eigenvalue weighted by Crippen LogP contribution is 2.30. The molecule has 0 bridgehead atoms. The lowest BCUT2D eigenvalue weighted by Gasteiger charge is -2.01. The number of rotatable bonds is 5. The van der Waals surface area contributed by atoms with Crippen LogP contribution in [0.2, 0.25) is 0 Å². The fourth-order valence-electron chi connectivity index (χ4n) is 2.87. The number of hydrogen-bond donors (Lipinski definition) is 0. The summed E-state index contributed by atoms with van der Waals surface area (Å²) in [5.74, 6) is 1.36. The van der Waals surface area contributed by atoms with E-state index in [0.717, 1.165) is 33.4 Å². The number of aromatic nitrogens is 4. The van der Waals surface area contributed by atoms with Gasteiger partial charge in [0.05, 0.1) is 17.5 Å². The van der Waals surface area contributed by atoms with Crippen LogP contribution in [-0.4, -0.2) is 31.8 Å². The molecule has 0 saturated carbocycles. The van der Waals surface area contributed by atoms with E-state index in [1.165, 1.54) is 23.9 Å². The van der Waals surface area contributed by atoms with Crippen molar-refractivity contribution in [1.29, 1.82) is 0 Å². The van der Waals surface area contributed by atoms with Crippen molar-refractivity contribution in [2.24, 2.45) is 7.05 Å². The maximum Gasteiger partial charge on any atom is 0.269 e. The Kier molecular flexibility index (Phi) is 4.36. The number of nitro groups is 1. The highest BCUT2D eigenvalue weighted by molar-refractivity contribution is 7.98. The molecule has 8 nitrogen and oxygen atoms in total. The zero-order valence-electron chi connectivity index (χ0n) is 14.6. The molecule has 0 aliphatic rings. The van der Waals surface area contributed by atoms with Crippen LogP contribution in [0.25, 0.3) is 22.1 Å². The summed E-state index contributed by atoms with van der Waals surface area (Å²) in [6.45, 7) is 0. The van der Waals surface area contributed by atoms with Crippen molar-refractivity contribution in [3.8, 4) is 5.75 Å². The van der Waals surface area contributed by atoms with Crippen LogP contribution in [-0.2, 0) is 12.8 Å². The van der Waals surface area contributed by atoms with Gasteiger partial charge in [0.1, 0.15) is 11.3 Å². The second kappa shape index (κ2) is 6.84. The quantitative estimate of drug-likeness (QED) is 0.295.